The fraction of sp³-hybridized carbons (Fsp3) is 0.143. The third-order valence-electron chi connectivity index (χ3n) is 3.08. The van der Waals surface area contributed by atoms with Crippen molar-refractivity contribution in [3.8, 4) is 10.4 Å². The first kappa shape index (κ1) is 12.8. The van der Waals surface area contributed by atoms with E-state index in [1.165, 1.54) is 11.3 Å². The molecule has 0 aliphatic heterocycles. The van der Waals surface area contributed by atoms with Gasteiger partial charge in [0.2, 0.25) is 0 Å². The Bertz CT molecular complexity index is 861. The third-order valence-corrected chi connectivity index (χ3v) is 4.18. The van der Waals surface area contributed by atoms with Gasteiger partial charge in [0.05, 0.1) is 5.39 Å². The molecule has 0 fully saturated rings. The maximum atomic E-state index is 12.3. The van der Waals surface area contributed by atoms with E-state index < -0.39 is 5.69 Å². The molecule has 0 atom stereocenters. The summed E-state index contributed by atoms with van der Waals surface area (Å²) < 4.78 is 1.14. The van der Waals surface area contributed by atoms with Gasteiger partial charge in [-0.1, -0.05) is 30.3 Å². The lowest BCUT2D eigenvalue weighted by atomic mass is 10.2. The zero-order chi connectivity index (χ0) is 14.1. The van der Waals surface area contributed by atoms with Crippen molar-refractivity contribution in [1.82, 2.24) is 9.55 Å². The average molecular weight is 287 g/mol. The molecular weight excluding hydrogens is 274 g/mol. The molecule has 0 radical (unpaired) electrons. The number of nitrogens with two attached hydrogens (primary N) is 1. The molecule has 3 rings (SSSR count). The minimum absolute atomic E-state index is 0.223. The molecule has 20 heavy (non-hydrogen) atoms. The first-order chi connectivity index (χ1) is 9.70. The minimum Gasteiger partial charge on any atom is -0.329 e. The predicted molar refractivity (Wildman–Crippen MR) is 81.2 cm³/mol. The Kier molecular flexibility index (Phi) is 3.25. The summed E-state index contributed by atoms with van der Waals surface area (Å²) in [5, 5.41) is 0.530. The van der Waals surface area contributed by atoms with E-state index in [0.717, 1.165) is 15.0 Å². The van der Waals surface area contributed by atoms with Gasteiger partial charge in [0.15, 0.2) is 0 Å². The number of nitrogens with zero attached hydrogens (tertiary/aromatic N) is 1. The van der Waals surface area contributed by atoms with Crippen molar-refractivity contribution in [2.24, 2.45) is 5.73 Å². The van der Waals surface area contributed by atoms with Crippen LogP contribution in [0.15, 0.2) is 46.0 Å². The van der Waals surface area contributed by atoms with Crippen molar-refractivity contribution >= 4 is 21.6 Å². The molecule has 0 saturated carbocycles. The molecule has 5 nitrogen and oxygen atoms in total. The van der Waals surface area contributed by atoms with Gasteiger partial charge in [0.1, 0.15) is 4.83 Å². The van der Waals surface area contributed by atoms with Gasteiger partial charge in [-0.15, -0.1) is 11.3 Å². The van der Waals surface area contributed by atoms with Crippen LogP contribution in [0.4, 0.5) is 0 Å². The molecule has 0 aliphatic carbocycles. The summed E-state index contributed by atoms with van der Waals surface area (Å²) in [5.74, 6) is 0. The summed E-state index contributed by atoms with van der Waals surface area (Å²) in [4.78, 5) is 28.4. The smallest absolute Gasteiger partial charge is 0.329 e. The highest BCUT2D eigenvalue weighted by Crippen LogP contribution is 2.30. The summed E-state index contributed by atoms with van der Waals surface area (Å²) in [6, 6.07) is 11.6. The number of benzene rings is 1. The zero-order valence-corrected chi connectivity index (χ0v) is 11.4. The summed E-state index contributed by atoms with van der Waals surface area (Å²) in [5.41, 5.74) is 5.76. The molecule has 0 amide bonds. The predicted octanol–water partition coefficient (Wildman–Crippen LogP) is 1.38. The number of nitrogens with one attached hydrogen (secondary N) is 1. The summed E-state index contributed by atoms with van der Waals surface area (Å²) >= 11 is 1.41. The summed E-state index contributed by atoms with van der Waals surface area (Å²) in [6.45, 7) is 0.477. The van der Waals surface area contributed by atoms with Crippen LogP contribution in [-0.2, 0) is 6.54 Å². The van der Waals surface area contributed by atoms with Gasteiger partial charge < -0.3 is 5.73 Å². The SMILES string of the molecule is NCCn1c(=O)[nH]c2sc(-c3ccccc3)cc2c1=O. The van der Waals surface area contributed by atoms with Crippen molar-refractivity contribution in [2.75, 3.05) is 6.54 Å². The fourth-order valence-electron chi connectivity index (χ4n) is 2.12. The average Bonchev–Trinajstić information content (AvgIpc) is 2.88. The first-order valence-corrected chi connectivity index (χ1v) is 7.04. The Morgan fingerprint density at radius 2 is 1.95 bits per heavy atom. The molecule has 0 aliphatic rings. The van der Waals surface area contributed by atoms with E-state index in [-0.39, 0.29) is 18.6 Å². The van der Waals surface area contributed by atoms with Crippen LogP contribution >= 0.6 is 11.3 Å². The Hall–Kier alpha value is -2.18. The van der Waals surface area contributed by atoms with Gasteiger partial charge in [-0.3, -0.25) is 14.3 Å². The molecule has 3 N–H and O–H groups in total. The molecule has 1 aromatic carbocycles. The quantitative estimate of drug-likeness (QED) is 0.763. The van der Waals surface area contributed by atoms with Crippen LogP contribution < -0.4 is 17.0 Å². The van der Waals surface area contributed by atoms with E-state index in [2.05, 4.69) is 4.98 Å². The molecule has 3 aromatic rings. The van der Waals surface area contributed by atoms with Crippen molar-refractivity contribution in [2.45, 2.75) is 6.54 Å². The number of thiophene rings is 1. The normalized spacial score (nSPS) is 11.1. The second kappa shape index (κ2) is 5.07. The van der Waals surface area contributed by atoms with Crippen LogP contribution in [0.3, 0.4) is 0 Å². The first-order valence-electron chi connectivity index (χ1n) is 6.23. The van der Waals surface area contributed by atoms with Gasteiger partial charge in [-0.2, -0.15) is 0 Å². The van der Waals surface area contributed by atoms with Crippen LogP contribution in [0.5, 0.6) is 0 Å². The number of H-pyrrole nitrogens is 1. The van der Waals surface area contributed by atoms with Gasteiger partial charge in [-0.05, 0) is 11.6 Å². The third kappa shape index (κ3) is 2.09. The van der Waals surface area contributed by atoms with Crippen molar-refractivity contribution in [3.63, 3.8) is 0 Å². The number of hydrogen-bond acceptors (Lipinski definition) is 4. The Morgan fingerprint density at radius 3 is 2.65 bits per heavy atom. The van der Waals surface area contributed by atoms with Crippen molar-refractivity contribution in [3.05, 3.63) is 57.2 Å². The van der Waals surface area contributed by atoms with Crippen molar-refractivity contribution in [1.29, 1.82) is 0 Å². The highest BCUT2D eigenvalue weighted by molar-refractivity contribution is 7.21. The maximum absolute atomic E-state index is 12.3. The summed E-state index contributed by atoms with van der Waals surface area (Å²) in [6.07, 6.45) is 0. The zero-order valence-electron chi connectivity index (χ0n) is 10.6. The second-order valence-electron chi connectivity index (χ2n) is 4.40. The minimum atomic E-state index is -0.408. The lowest BCUT2D eigenvalue weighted by Crippen LogP contribution is -2.36. The number of aromatic amines is 1. The maximum Gasteiger partial charge on any atom is 0.329 e. The van der Waals surface area contributed by atoms with E-state index in [0.29, 0.717) is 10.2 Å². The molecular formula is C14H13N3O2S. The molecule has 0 spiro atoms. The highest BCUT2D eigenvalue weighted by atomic mass is 32.1. The molecule has 2 aromatic heterocycles. The molecule has 0 saturated heterocycles. The van der Waals surface area contributed by atoms with E-state index >= 15 is 0 Å². The number of rotatable bonds is 3. The standard InChI is InChI=1S/C14H13N3O2S/c15-6-7-17-13(18)10-8-11(9-4-2-1-3-5-9)20-12(10)16-14(17)19/h1-5,8H,6-7,15H2,(H,16,19). The van der Waals surface area contributed by atoms with E-state index in [9.17, 15) is 9.59 Å². The monoisotopic (exact) mass is 287 g/mol. The van der Waals surface area contributed by atoms with Gasteiger partial charge in [0.25, 0.3) is 5.56 Å². The topological polar surface area (TPSA) is 80.9 Å². The van der Waals surface area contributed by atoms with Gasteiger partial charge in [0, 0.05) is 18.0 Å². The lowest BCUT2D eigenvalue weighted by Gasteiger charge is -2.00. The largest absolute Gasteiger partial charge is 0.329 e. The summed E-state index contributed by atoms with van der Waals surface area (Å²) in [7, 11) is 0. The molecule has 6 heteroatoms. The second-order valence-corrected chi connectivity index (χ2v) is 5.45. The van der Waals surface area contributed by atoms with Crippen molar-refractivity contribution < 1.29 is 0 Å². The Balaban J connectivity index is 2.24. The highest BCUT2D eigenvalue weighted by Gasteiger charge is 2.11. The van der Waals surface area contributed by atoms with E-state index in [1.54, 1.807) is 0 Å². The van der Waals surface area contributed by atoms with E-state index in [1.807, 2.05) is 36.4 Å². The van der Waals surface area contributed by atoms with E-state index in [4.69, 9.17) is 5.73 Å². The number of hydrogen-bond donors (Lipinski definition) is 2. The Labute approximate surface area is 118 Å². The van der Waals surface area contributed by atoms with Crippen LogP contribution in [0.1, 0.15) is 0 Å². The van der Waals surface area contributed by atoms with Gasteiger partial charge >= 0.3 is 5.69 Å². The van der Waals surface area contributed by atoms with Crippen LogP contribution in [-0.4, -0.2) is 16.1 Å². The van der Waals surface area contributed by atoms with Crippen LogP contribution in [0.2, 0.25) is 0 Å². The van der Waals surface area contributed by atoms with Gasteiger partial charge in [-0.25, -0.2) is 4.79 Å². The van der Waals surface area contributed by atoms with Crippen LogP contribution in [0, 0.1) is 0 Å². The fourth-order valence-corrected chi connectivity index (χ4v) is 3.17. The Morgan fingerprint density at radius 1 is 1.20 bits per heavy atom. The number of aromatic nitrogens is 2. The number of fused-ring (bicyclic) bond motifs is 1. The lowest BCUT2D eigenvalue weighted by molar-refractivity contribution is 0.647. The molecule has 0 unspecified atom stereocenters. The van der Waals surface area contributed by atoms with Crippen LogP contribution in [0.25, 0.3) is 20.7 Å². The molecule has 0 bridgehead atoms. The molecule has 102 valence electrons. The molecule has 2 heterocycles.